The molecule has 0 unspecified atom stereocenters. The van der Waals surface area contributed by atoms with E-state index in [4.69, 9.17) is 16.6 Å². The van der Waals surface area contributed by atoms with Gasteiger partial charge in [0.25, 0.3) is 0 Å². The van der Waals surface area contributed by atoms with Gasteiger partial charge in [-0.15, -0.1) is 11.3 Å². The van der Waals surface area contributed by atoms with E-state index in [0.29, 0.717) is 18.1 Å². The second kappa shape index (κ2) is 10.7. The highest BCUT2D eigenvalue weighted by Crippen LogP contribution is 2.25. The molecule has 0 N–H and O–H groups in total. The van der Waals surface area contributed by atoms with Crippen LogP contribution < -0.4 is 0 Å². The Balaban J connectivity index is 1.34. The number of benzene rings is 3. The number of thiazole rings is 1. The smallest absolute Gasteiger partial charge is 0.246 e. The highest BCUT2D eigenvalue weighted by Gasteiger charge is 2.15. The topological polar surface area (TPSA) is 37.6 Å². The lowest BCUT2D eigenvalue weighted by Crippen LogP contribution is -2.31. The molecule has 0 aliphatic rings. The average molecular weight is 498 g/mol. The van der Waals surface area contributed by atoms with Gasteiger partial charge in [-0.25, -0.2) is 4.98 Å². The summed E-state index contributed by atoms with van der Waals surface area (Å²) in [5.41, 5.74) is 5.20. The number of aromatic nitrogens is 2. The zero-order chi connectivity index (χ0) is 24.0. The molecule has 0 spiro atoms. The van der Waals surface area contributed by atoms with Gasteiger partial charge in [0.05, 0.1) is 5.69 Å². The number of hydrogen-bond acceptors (Lipinski definition) is 3. The molecule has 35 heavy (non-hydrogen) atoms. The Hall–Kier alpha value is -3.67. The van der Waals surface area contributed by atoms with Gasteiger partial charge < -0.3 is 4.90 Å². The van der Waals surface area contributed by atoms with Crippen LogP contribution in [0.4, 0.5) is 0 Å². The number of imidazole rings is 1. The number of rotatable bonds is 8. The fourth-order valence-electron chi connectivity index (χ4n) is 3.93. The van der Waals surface area contributed by atoms with Gasteiger partial charge in [0.2, 0.25) is 5.91 Å². The molecular formula is C29H24ClN3OS. The second-order valence-electron chi connectivity index (χ2n) is 8.25. The first kappa shape index (κ1) is 23.1. The molecule has 5 aromatic rings. The molecule has 0 fully saturated rings. The summed E-state index contributed by atoms with van der Waals surface area (Å²) >= 11 is 7.65. The molecule has 0 atom stereocenters. The summed E-state index contributed by atoms with van der Waals surface area (Å²) in [6.07, 6.45) is 6.33. The number of halogens is 1. The third-order valence-corrected chi connectivity index (χ3v) is 6.95. The minimum atomic E-state index is -0.00309. The molecule has 2 aromatic heterocycles. The first-order valence-corrected chi connectivity index (χ1v) is 12.7. The molecule has 0 saturated heterocycles. The molecule has 0 bridgehead atoms. The van der Waals surface area contributed by atoms with Crippen molar-refractivity contribution in [1.29, 1.82) is 0 Å². The van der Waals surface area contributed by atoms with Crippen molar-refractivity contribution >= 4 is 39.9 Å². The summed E-state index contributed by atoms with van der Waals surface area (Å²) in [5.74, 6) is -0.00309. The van der Waals surface area contributed by atoms with E-state index >= 15 is 0 Å². The standard InChI is InChI=1S/C29H24ClN3OS/c30-25-14-12-24(13-15-25)27-20-33-26(21-35-29(33)31-27)17-18-32(19-23-9-5-2-6-10-23)28(34)16-11-22-7-3-1-4-8-22/h1-16,20-21H,17-19H2. The van der Waals surface area contributed by atoms with E-state index in [1.54, 1.807) is 17.4 Å². The third kappa shape index (κ3) is 5.70. The third-order valence-electron chi connectivity index (χ3n) is 5.81. The van der Waals surface area contributed by atoms with Gasteiger partial charge in [-0.3, -0.25) is 9.20 Å². The Kier molecular flexibility index (Phi) is 7.07. The first-order chi connectivity index (χ1) is 17.2. The number of amides is 1. The van der Waals surface area contributed by atoms with Crippen molar-refractivity contribution in [1.82, 2.24) is 14.3 Å². The van der Waals surface area contributed by atoms with E-state index in [0.717, 1.165) is 39.5 Å². The monoisotopic (exact) mass is 497 g/mol. The first-order valence-electron chi connectivity index (χ1n) is 11.4. The Bertz CT molecular complexity index is 1440. The molecule has 3 aromatic carbocycles. The van der Waals surface area contributed by atoms with Crippen molar-refractivity contribution in [2.45, 2.75) is 13.0 Å². The van der Waals surface area contributed by atoms with Crippen LogP contribution in [0.1, 0.15) is 16.8 Å². The minimum Gasteiger partial charge on any atom is -0.334 e. The number of nitrogens with zero attached hydrogens (tertiary/aromatic N) is 3. The second-order valence-corrected chi connectivity index (χ2v) is 9.53. The maximum Gasteiger partial charge on any atom is 0.246 e. The highest BCUT2D eigenvalue weighted by molar-refractivity contribution is 7.15. The molecular weight excluding hydrogens is 474 g/mol. The van der Waals surface area contributed by atoms with Crippen LogP contribution in [0.2, 0.25) is 5.02 Å². The van der Waals surface area contributed by atoms with Crippen molar-refractivity contribution < 1.29 is 4.79 Å². The van der Waals surface area contributed by atoms with E-state index in [2.05, 4.69) is 28.1 Å². The Labute approximate surface area is 213 Å². The number of carbonyl (C=O) groups excluding carboxylic acids is 1. The summed E-state index contributed by atoms with van der Waals surface area (Å²) in [4.78, 5) is 20.8. The van der Waals surface area contributed by atoms with E-state index in [1.807, 2.05) is 83.8 Å². The van der Waals surface area contributed by atoms with E-state index in [-0.39, 0.29) is 5.91 Å². The molecule has 4 nitrogen and oxygen atoms in total. The number of fused-ring (bicyclic) bond motifs is 1. The molecule has 5 rings (SSSR count). The largest absolute Gasteiger partial charge is 0.334 e. The van der Waals surface area contributed by atoms with Gasteiger partial charge in [0.15, 0.2) is 4.96 Å². The normalized spacial score (nSPS) is 11.3. The summed E-state index contributed by atoms with van der Waals surface area (Å²) in [5, 5.41) is 2.83. The predicted octanol–water partition coefficient (Wildman–Crippen LogP) is 7.00. The van der Waals surface area contributed by atoms with Gasteiger partial charge in [0.1, 0.15) is 0 Å². The lowest BCUT2D eigenvalue weighted by Gasteiger charge is -2.21. The quantitative estimate of drug-likeness (QED) is 0.216. The molecule has 6 heteroatoms. The van der Waals surface area contributed by atoms with Gasteiger partial charge >= 0.3 is 0 Å². The summed E-state index contributed by atoms with van der Waals surface area (Å²) in [7, 11) is 0. The Morgan fingerprint density at radius 3 is 2.43 bits per heavy atom. The lowest BCUT2D eigenvalue weighted by atomic mass is 10.2. The molecule has 0 radical (unpaired) electrons. The van der Waals surface area contributed by atoms with Crippen molar-refractivity contribution in [3.8, 4) is 11.3 Å². The van der Waals surface area contributed by atoms with Crippen LogP contribution >= 0.6 is 22.9 Å². The maximum absolute atomic E-state index is 13.2. The Morgan fingerprint density at radius 2 is 1.69 bits per heavy atom. The van der Waals surface area contributed by atoms with Crippen LogP contribution in [0.15, 0.2) is 103 Å². The average Bonchev–Trinajstić information content (AvgIpc) is 3.48. The summed E-state index contributed by atoms with van der Waals surface area (Å²) in [6.45, 7) is 1.17. The molecule has 0 aliphatic carbocycles. The van der Waals surface area contributed by atoms with E-state index in [1.165, 1.54) is 0 Å². The van der Waals surface area contributed by atoms with Crippen LogP contribution in [0, 0.1) is 0 Å². The zero-order valence-electron chi connectivity index (χ0n) is 19.0. The fraction of sp³-hybridized carbons (Fsp3) is 0.103. The molecule has 0 saturated carbocycles. The molecule has 174 valence electrons. The van der Waals surface area contributed by atoms with E-state index < -0.39 is 0 Å². The maximum atomic E-state index is 13.2. The summed E-state index contributed by atoms with van der Waals surface area (Å²) < 4.78 is 2.12. The van der Waals surface area contributed by atoms with Gasteiger partial charge in [-0.05, 0) is 29.3 Å². The lowest BCUT2D eigenvalue weighted by molar-refractivity contribution is -0.126. The summed E-state index contributed by atoms with van der Waals surface area (Å²) in [6, 6.07) is 27.7. The van der Waals surface area contributed by atoms with Crippen LogP contribution in [-0.4, -0.2) is 26.7 Å². The van der Waals surface area contributed by atoms with Crippen molar-refractivity contribution in [3.05, 3.63) is 124 Å². The highest BCUT2D eigenvalue weighted by atomic mass is 35.5. The van der Waals surface area contributed by atoms with E-state index in [9.17, 15) is 4.79 Å². The minimum absolute atomic E-state index is 0.00309. The number of carbonyl (C=O) groups is 1. The predicted molar refractivity (Wildman–Crippen MR) is 145 cm³/mol. The number of hydrogen-bond donors (Lipinski definition) is 0. The van der Waals surface area contributed by atoms with Crippen molar-refractivity contribution in [3.63, 3.8) is 0 Å². The van der Waals surface area contributed by atoms with Crippen LogP contribution in [0.25, 0.3) is 22.3 Å². The van der Waals surface area contributed by atoms with Gasteiger partial charge in [-0.1, -0.05) is 84.4 Å². The zero-order valence-corrected chi connectivity index (χ0v) is 20.6. The van der Waals surface area contributed by atoms with Gasteiger partial charge in [-0.2, -0.15) is 0 Å². The SMILES string of the molecule is O=C(C=Cc1ccccc1)N(CCc1csc2nc(-c3ccc(Cl)cc3)cn12)Cc1ccccc1. The molecule has 2 heterocycles. The fourth-order valence-corrected chi connectivity index (χ4v) is 4.96. The van der Waals surface area contributed by atoms with Gasteiger partial charge in [0, 0.05) is 53.4 Å². The molecule has 0 aliphatic heterocycles. The molecule has 1 amide bonds. The van der Waals surface area contributed by atoms with Crippen LogP contribution in [0.3, 0.4) is 0 Å². The van der Waals surface area contributed by atoms with Crippen molar-refractivity contribution in [2.24, 2.45) is 0 Å². The van der Waals surface area contributed by atoms with Crippen LogP contribution in [-0.2, 0) is 17.8 Å². The Morgan fingerprint density at radius 1 is 0.971 bits per heavy atom. The van der Waals surface area contributed by atoms with Crippen molar-refractivity contribution in [2.75, 3.05) is 6.54 Å². The van der Waals surface area contributed by atoms with Crippen LogP contribution in [0.5, 0.6) is 0 Å².